The quantitative estimate of drug-likeness (QED) is 0.474. The van der Waals surface area contributed by atoms with Gasteiger partial charge < -0.3 is 0 Å². The largest absolute Gasteiger partial charge is 0.229 e. The third-order valence-electron chi connectivity index (χ3n) is 0.0913. The molecule has 0 amide bonds. The lowest BCUT2D eigenvalue weighted by Crippen LogP contribution is -2.07. The topological polar surface area (TPSA) is 83.9 Å². The van der Waals surface area contributed by atoms with Crippen LogP contribution >= 0.6 is 0 Å². The Hall–Kier alpha value is -0.860. The molecule has 0 aliphatic heterocycles. The molecule has 0 heterocycles. The van der Waals surface area contributed by atoms with Crippen LogP contribution in [0.1, 0.15) is 0 Å². The monoisotopic (exact) mass is 148 g/mol. The molecule has 5 heteroatoms. The Labute approximate surface area is 54.6 Å². The molecule has 0 spiro atoms. The van der Waals surface area contributed by atoms with Crippen molar-refractivity contribution in [2.45, 2.75) is 0 Å². The van der Waals surface area contributed by atoms with Crippen LogP contribution in [0.15, 0.2) is 12.7 Å². The highest BCUT2D eigenvalue weighted by Gasteiger charge is 1.78. The zero-order chi connectivity index (χ0) is 7.91. The first kappa shape index (κ1) is 11.0. The maximum absolute atomic E-state index is 9.41. The Bertz CT molecular complexity index is 191. The van der Waals surface area contributed by atoms with Gasteiger partial charge in [-0.05, 0) is 0 Å². The van der Waals surface area contributed by atoms with Gasteiger partial charge in [0.15, 0.2) is 0 Å². The normalized spacial score (nSPS) is 8.11. The minimum absolute atomic E-state index is 0.938. The summed E-state index contributed by atoms with van der Waals surface area (Å²) in [5.74, 6) is 0. The fourth-order valence-electron chi connectivity index (χ4n) is 0. The van der Waals surface area contributed by atoms with Crippen LogP contribution in [0.4, 0.5) is 0 Å². The Balaban J connectivity index is 0. The van der Waals surface area contributed by atoms with Gasteiger partial charge in [-0.2, -0.15) is 5.26 Å². The molecule has 0 unspecified atom stereocenters. The van der Waals surface area contributed by atoms with E-state index >= 15 is 0 Å². The predicted octanol–water partition coefficient (Wildman–Crippen LogP) is -0.399. The van der Waals surface area contributed by atoms with Gasteiger partial charge in [-0.25, -0.2) is 13.6 Å². The molecule has 52 valence electrons. The SMILES string of the molecule is C=CC#N.CS(N)(=O)=O. The minimum Gasteiger partial charge on any atom is -0.229 e. The Morgan fingerprint density at radius 2 is 1.89 bits per heavy atom. The van der Waals surface area contributed by atoms with Gasteiger partial charge in [0, 0.05) is 6.08 Å². The van der Waals surface area contributed by atoms with Gasteiger partial charge in [0.05, 0.1) is 12.3 Å². The fourth-order valence-corrected chi connectivity index (χ4v) is 0. The molecule has 4 nitrogen and oxygen atoms in total. The molecule has 0 aromatic heterocycles. The average molecular weight is 148 g/mol. The highest BCUT2D eigenvalue weighted by molar-refractivity contribution is 7.88. The van der Waals surface area contributed by atoms with Gasteiger partial charge in [0.25, 0.3) is 0 Å². The van der Waals surface area contributed by atoms with E-state index < -0.39 is 10.0 Å². The van der Waals surface area contributed by atoms with E-state index in [-0.39, 0.29) is 0 Å². The zero-order valence-electron chi connectivity index (χ0n) is 5.03. The molecule has 0 saturated carbocycles. The van der Waals surface area contributed by atoms with E-state index in [1.807, 2.05) is 0 Å². The first-order chi connectivity index (χ1) is 3.91. The molecule has 0 aliphatic carbocycles. The summed E-state index contributed by atoms with van der Waals surface area (Å²) in [5, 5.41) is 11.8. The molecule has 0 aliphatic rings. The summed E-state index contributed by atoms with van der Waals surface area (Å²) in [7, 11) is -3.17. The van der Waals surface area contributed by atoms with E-state index in [1.165, 1.54) is 6.08 Å². The summed E-state index contributed by atoms with van der Waals surface area (Å²) in [6.45, 7) is 3.12. The number of allylic oxidation sites excluding steroid dienone is 1. The van der Waals surface area contributed by atoms with Crippen LogP contribution in [0, 0.1) is 11.3 Å². The average Bonchev–Trinajstić information content (AvgIpc) is 1.61. The molecule has 2 N–H and O–H groups in total. The minimum atomic E-state index is -3.17. The summed E-state index contributed by atoms with van der Waals surface area (Å²) in [6.07, 6.45) is 2.12. The van der Waals surface area contributed by atoms with E-state index in [4.69, 9.17) is 5.26 Å². The smallest absolute Gasteiger partial charge is 0.206 e. The van der Waals surface area contributed by atoms with E-state index in [0.29, 0.717) is 0 Å². The lowest BCUT2D eigenvalue weighted by molar-refractivity contribution is 0.603. The van der Waals surface area contributed by atoms with Crippen molar-refractivity contribution in [3.8, 4) is 6.07 Å². The van der Waals surface area contributed by atoms with Gasteiger partial charge in [0.1, 0.15) is 0 Å². The van der Waals surface area contributed by atoms with Gasteiger partial charge in [-0.1, -0.05) is 6.58 Å². The number of primary sulfonamides is 1. The second kappa shape index (κ2) is 5.28. The molecule has 0 saturated heterocycles. The molecule has 0 atom stereocenters. The fraction of sp³-hybridized carbons (Fsp3) is 0.250. The van der Waals surface area contributed by atoms with Crippen LogP contribution in [-0.2, 0) is 10.0 Å². The summed E-state index contributed by atoms with van der Waals surface area (Å²) in [6, 6.07) is 1.69. The predicted molar refractivity (Wildman–Crippen MR) is 34.8 cm³/mol. The van der Waals surface area contributed by atoms with Gasteiger partial charge in [-0.3, -0.25) is 0 Å². The van der Waals surface area contributed by atoms with Crippen LogP contribution in [0.25, 0.3) is 0 Å². The molecule has 9 heavy (non-hydrogen) atoms. The van der Waals surface area contributed by atoms with Crippen molar-refractivity contribution in [3.63, 3.8) is 0 Å². The second-order valence-corrected chi connectivity index (χ2v) is 2.82. The van der Waals surface area contributed by atoms with Crippen LogP contribution in [-0.4, -0.2) is 14.7 Å². The lowest BCUT2D eigenvalue weighted by Gasteiger charge is -1.71. The third-order valence-corrected chi connectivity index (χ3v) is 0.0913. The van der Waals surface area contributed by atoms with Crippen LogP contribution < -0.4 is 5.14 Å². The number of nitrogens with two attached hydrogens (primary N) is 1. The van der Waals surface area contributed by atoms with Crippen molar-refractivity contribution < 1.29 is 8.42 Å². The maximum Gasteiger partial charge on any atom is 0.206 e. The number of sulfonamides is 1. The van der Waals surface area contributed by atoms with Crippen molar-refractivity contribution >= 4 is 10.0 Å². The molecular weight excluding hydrogens is 140 g/mol. The molecule has 0 fully saturated rings. The number of hydrogen-bond donors (Lipinski definition) is 1. The van der Waals surface area contributed by atoms with Crippen LogP contribution in [0.3, 0.4) is 0 Å². The molecule has 0 bridgehead atoms. The van der Waals surface area contributed by atoms with E-state index in [2.05, 4.69) is 11.7 Å². The Morgan fingerprint density at radius 3 is 1.89 bits per heavy atom. The Kier molecular flexibility index (Phi) is 6.46. The van der Waals surface area contributed by atoms with Crippen molar-refractivity contribution in [2.24, 2.45) is 5.14 Å². The summed E-state index contributed by atoms with van der Waals surface area (Å²) in [4.78, 5) is 0. The highest BCUT2D eigenvalue weighted by Crippen LogP contribution is 1.52. The van der Waals surface area contributed by atoms with Crippen molar-refractivity contribution in [1.82, 2.24) is 0 Å². The van der Waals surface area contributed by atoms with Crippen molar-refractivity contribution in [1.29, 1.82) is 5.26 Å². The number of hydrogen-bond acceptors (Lipinski definition) is 3. The number of nitriles is 1. The first-order valence-electron chi connectivity index (χ1n) is 1.90. The van der Waals surface area contributed by atoms with Crippen LogP contribution in [0.2, 0.25) is 0 Å². The Morgan fingerprint density at radius 1 is 1.78 bits per heavy atom. The van der Waals surface area contributed by atoms with Gasteiger partial charge in [-0.15, -0.1) is 0 Å². The number of nitrogens with zero attached hydrogens (tertiary/aromatic N) is 1. The second-order valence-electron chi connectivity index (χ2n) is 1.16. The van der Waals surface area contributed by atoms with Gasteiger partial charge >= 0.3 is 0 Å². The summed E-state index contributed by atoms with van der Waals surface area (Å²) >= 11 is 0. The van der Waals surface area contributed by atoms with Crippen molar-refractivity contribution in [2.75, 3.05) is 6.26 Å². The summed E-state index contributed by atoms with van der Waals surface area (Å²) < 4.78 is 18.8. The number of rotatable bonds is 0. The van der Waals surface area contributed by atoms with E-state index in [0.717, 1.165) is 6.26 Å². The molecule has 0 rings (SSSR count). The molecule has 0 aromatic rings. The zero-order valence-corrected chi connectivity index (χ0v) is 5.85. The molecular formula is C4H8N2O2S. The van der Waals surface area contributed by atoms with Crippen molar-refractivity contribution in [3.05, 3.63) is 12.7 Å². The van der Waals surface area contributed by atoms with E-state index in [9.17, 15) is 8.42 Å². The first-order valence-corrected chi connectivity index (χ1v) is 3.85. The van der Waals surface area contributed by atoms with Crippen LogP contribution in [0.5, 0.6) is 0 Å². The van der Waals surface area contributed by atoms with E-state index in [1.54, 1.807) is 6.07 Å². The molecule has 0 aromatic carbocycles. The highest BCUT2D eigenvalue weighted by atomic mass is 32.2. The maximum atomic E-state index is 9.41. The third kappa shape index (κ3) is 9620. The molecule has 0 radical (unpaired) electrons. The standard InChI is InChI=1S/C3H3N.CH5NO2S/c1-2-3-4;1-5(2,3)4/h2H,1H2;1H3,(H2,2,3,4). The summed E-state index contributed by atoms with van der Waals surface area (Å²) in [5.41, 5.74) is 0. The van der Waals surface area contributed by atoms with Gasteiger partial charge in [0.2, 0.25) is 10.0 Å². The lowest BCUT2D eigenvalue weighted by atomic mass is 10.8.